The summed E-state index contributed by atoms with van der Waals surface area (Å²) in [5.41, 5.74) is 1.90. The summed E-state index contributed by atoms with van der Waals surface area (Å²) in [5.74, 6) is 0.776. The van der Waals surface area contributed by atoms with E-state index in [-0.39, 0.29) is 5.92 Å². The van der Waals surface area contributed by atoms with Gasteiger partial charge < -0.3 is 9.47 Å². The monoisotopic (exact) mass is 412 g/mol. The van der Waals surface area contributed by atoms with Gasteiger partial charge in [-0.1, -0.05) is 50.9 Å². The van der Waals surface area contributed by atoms with Crippen LogP contribution in [0.1, 0.15) is 55.6 Å². The molecule has 152 valence electrons. The molecule has 0 amide bonds. The van der Waals surface area contributed by atoms with Crippen molar-refractivity contribution >= 4 is 17.6 Å². The molecule has 6 heteroatoms. The minimum Gasteiger partial charge on any atom is -0.494 e. The third-order valence-electron chi connectivity index (χ3n) is 4.42. The van der Waals surface area contributed by atoms with Crippen LogP contribution in [0.15, 0.2) is 54.6 Å². The van der Waals surface area contributed by atoms with Gasteiger partial charge >= 0.3 is 5.97 Å². The molecule has 0 atom stereocenters. The van der Waals surface area contributed by atoms with Gasteiger partial charge in [0.2, 0.25) is 5.88 Å². The highest BCUT2D eigenvalue weighted by molar-refractivity contribution is 6.32. The van der Waals surface area contributed by atoms with Crippen molar-refractivity contribution in [1.82, 2.24) is 9.78 Å². The molecule has 0 radical (unpaired) electrons. The number of carbonyl (C=O) groups is 1. The minimum absolute atomic E-state index is 0.177. The summed E-state index contributed by atoms with van der Waals surface area (Å²) in [6.45, 7) is 6.83. The minimum atomic E-state index is -0.464. The van der Waals surface area contributed by atoms with Crippen LogP contribution in [0.2, 0.25) is 5.02 Å². The molecule has 0 aliphatic heterocycles. The van der Waals surface area contributed by atoms with Gasteiger partial charge in [0.25, 0.3) is 0 Å². The number of aromatic nitrogens is 2. The fourth-order valence-electron chi connectivity index (χ4n) is 2.71. The van der Waals surface area contributed by atoms with Crippen LogP contribution < -0.4 is 9.47 Å². The summed E-state index contributed by atoms with van der Waals surface area (Å²) in [4.78, 5) is 12.7. The molecule has 0 N–H and O–H groups in total. The van der Waals surface area contributed by atoms with Gasteiger partial charge in [0, 0.05) is 6.07 Å². The molecule has 0 bridgehead atoms. The van der Waals surface area contributed by atoms with Crippen LogP contribution in [0.25, 0.3) is 5.69 Å². The summed E-state index contributed by atoms with van der Waals surface area (Å²) < 4.78 is 12.9. The smallest absolute Gasteiger partial charge is 0.344 e. The standard InChI is InChI=1S/C23H25ClN2O3/c1-4-5-14-28-18-12-10-17(11-13-18)23(27)29-22-15-20(16(2)3)25-26(22)21-9-7-6-8-19(21)24/h6-13,15-16H,4-5,14H2,1-3H3. The van der Waals surface area contributed by atoms with Gasteiger partial charge in [-0.3, -0.25) is 0 Å². The summed E-state index contributed by atoms with van der Waals surface area (Å²) in [6, 6.07) is 16.0. The van der Waals surface area contributed by atoms with E-state index < -0.39 is 5.97 Å². The van der Waals surface area contributed by atoms with E-state index in [1.807, 2.05) is 32.0 Å². The van der Waals surface area contributed by atoms with Crippen molar-refractivity contribution in [2.24, 2.45) is 0 Å². The van der Waals surface area contributed by atoms with E-state index in [1.165, 1.54) is 0 Å². The van der Waals surface area contributed by atoms with Crippen molar-refractivity contribution < 1.29 is 14.3 Å². The summed E-state index contributed by atoms with van der Waals surface area (Å²) >= 11 is 6.33. The van der Waals surface area contributed by atoms with Gasteiger partial charge in [-0.05, 0) is 48.7 Å². The second kappa shape index (κ2) is 9.61. The number of ether oxygens (including phenoxy) is 2. The molecular formula is C23H25ClN2O3. The molecule has 3 aromatic rings. The highest BCUT2D eigenvalue weighted by Gasteiger charge is 2.18. The molecule has 0 aliphatic carbocycles. The summed E-state index contributed by atoms with van der Waals surface area (Å²) in [5, 5.41) is 5.10. The molecule has 2 aromatic carbocycles. The van der Waals surface area contributed by atoms with Gasteiger partial charge in [-0.2, -0.15) is 9.78 Å². The molecule has 0 fully saturated rings. The van der Waals surface area contributed by atoms with E-state index in [9.17, 15) is 4.79 Å². The molecule has 5 nitrogen and oxygen atoms in total. The van der Waals surface area contributed by atoms with Crippen molar-refractivity contribution in [3.8, 4) is 17.3 Å². The Hall–Kier alpha value is -2.79. The molecular weight excluding hydrogens is 388 g/mol. The molecule has 0 saturated heterocycles. The largest absolute Gasteiger partial charge is 0.494 e. The Morgan fingerprint density at radius 1 is 1.14 bits per heavy atom. The number of hydrogen-bond donors (Lipinski definition) is 0. The van der Waals surface area contributed by atoms with Crippen LogP contribution in [0.5, 0.6) is 11.6 Å². The topological polar surface area (TPSA) is 53.4 Å². The first-order valence-electron chi connectivity index (χ1n) is 9.79. The van der Waals surface area contributed by atoms with E-state index in [2.05, 4.69) is 12.0 Å². The quantitative estimate of drug-likeness (QED) is 0.334. The maximum atomic E-state index is 12.7. The lowest BCUT2D eigenvalue weighted by molar-refractivity contribution is 0.0723. The fraction of sp³-hybridized carbons (Fsp3) is 0.304. The Morgan fingerprint density at radius 2 is 1.86 bits per heavy atom. The molecule has 3 rings (SSSR count). The Kier molecular flexibility index (Phi) is 6.94. The van der Waals surface area contributed by atoms with Crippen molar-refractivity contribution in [3.63, 3.8) is 0 Å². The molecule has 0 aliphatic rings. The second-order valence-electron chi connectivity index (χ2n) is 7.04. The Morgan fingerprint density at radius 3 is 2.52 bits per heavy atom. The zero-order valence-electron chi connectivity index (χ0n) is 16.9. The first-order valence-corrected chi connectivity index (χ1v) is 10.2. The van der Waals surface area contributed by atoms with Crippen molar-refractivity contribution in [1.29, 1.82) is 0 Å². The highest BCUT2D eigenvalue weighted by Crippen LogP contribution is 2.28. The van der Waals surface area contributed by atoms with Crippen LogP contribution in [0.4, 0.5) is 0 Å². The van der Waals surface area contributed by atoms with Crippen LogP contribution in [-0.4, -0.2) is 22.4 Å². The van der Waals surface area contributed by atoms with Gasteiger partial charge in [0.1, 0.15) is 5.75 Å². The summed E-state index contributed by atoms with van der Waals surface area (Å²) in [6.07, 6.45) is 2.07. The number of unbranched alkanes of at least 4 members (excludes halogenated alkanes) is 1. The molecule has 0 unspecified atom stereocenters. The summed E-state index contributed by atoms with van der Waals surface area (Å²) in [7, 11) is 0. The van der Waals surface area contributed by atoms with E-state index in [1.54, 1.807) is 41.1 Å². The zero-order valence-corrected chi connectivity index (χ0v) is 17.6. The molecule has 29 heavy (non-hydrogen) atoms. The molecule has 1 aromatic heterocycles. The number of nitrogens with zero attached hydrogens (tertiary/aromatic N) is 2. The number of para-hydroxylation sites is 1. The number of esters is 1. The van der Waals surface area contributed by atoms with Crippen LogP contribution in [-0.2, 0) is 0 Å². The highest BCUT2D eigenvalue weighted by atomic mass is 35.5. The number of rotatable bonds is 8. The van der Waals surface area contributed by atoms with Gasteiger partial charge in [0.15, 0.2) is 0 Å². The third kappa shape index (κ3) is 5.18. The Balaban J connectivity index is 1.82. The lowest BCUT2D eigenvalue weighted by atomic mass is 10.1. The van der Waals surface area contributed by atoms with Crippen LogP contribution in [0.3, 0.4) is 0 Å². The first kappa shape index (κ1) is 20.9. The van der Waals surface area contributed by atoms with Crippen LogP contribution >= 0.6 is 11.6 Å². The second-order valence-corrected chi connectivity index (χ2v) is 7.45. The van der Waals surface area contributed by atoms with E-state index in [4.69, 9.17) is 21.1 Å². The SMILES string of the molecule is CCCCOc1ccc(C(=O)Oc2cc(C(C)C)nn2-c2ccccc2Cl)cc1. The van der Waals surface area contributed by atoms with E-state index >= 15 is 0 Å². The van der Waals surface area contributed by atoms with E-state index in [0.717, 1.165) is 24.3 Å². The van der Waals surface area contributed by atoms with E-state index in [0.29, 0.717) is 28.8 Å². The molecule has 0 spiro atoms. The van der Waals surface area contributed by atoms with Crippen LogP contribution in [0, 0.1) is 0 Å². The van der Waals surface area contributed by atoms with Gasteiger partial charge in [-0.15, -0.1) is 0 Å². The number of carbonyl (C=O) groups excluding carboxylic acids is 1. The number of halogens is 1. The lowest BCUT2D eigenvalue weighted by Crippen LogP contribution is -2.12. The average molecular weight is 413 g/mol. The van der Waals surface area contributed by atoms with Crippen molar-refractivity contribution in [3.05, 3.63) is 70.9 Å². The van der Waals surface area contributed by atoms with Gasteiger partial charge in [-0.25, -0.2) is 4.79 Å². The maximum absolute atomic E-state index is 12.7. The number of hydrogen-bond acceptors (Lipinski definition) is 4. The Bertz CT molecular complexity index is 965. The fourth-order valence-corrected chi connectivity index (χ4v) is 2.92. The molecule has 1 heterocycles. The normalized spacial score (nSPS) is 10.9. The predicted molar refractivity (Wildman–Crippen MR) is 114 cm³/mol. The molecule has 0 saturated carbocycles. The Labute approximate surface area is 176 Å². The first-order chi connectivity index (χ1) is 14.0. The van der Waals surface area contributed by atoms with Gasteiger partial charge in [0.05, 0.1) is 28.6 Å². The van der Waals surface area contributed by atoms with Crippen molar-refractivity contribution in [2.45, 2.75) is 39.5 Å². The average Bonchev–Trinajstić information content (AvgIpc) is 3.13. The number of benzene rings is 2. The predicted octanol–water partition coefficient (Wildman–Crippen LogP) is 6.05. The zero-order chi connectivity index (χ0) is 20.8. The third-order valence-corrected chi connectivity index (χ3v) is 4.74. The van der Waals surface area contributed by atoms with Crippen molar-refractivity contribution in [2.75, 3.05) is 6.61 Å². The lowest BCUT2D eigenvalue weighted by Gasteiger charge is -2.10. The maximum Gasteiger partial charge on any atom is 0.344 e.